The highest BCUT2D eigenvalue weighted by molar-refractivity contribution is 9.10. The van der Waals surface area contributed by atoms with Gasteiger partial charge in [-0.25, -0.2) is 9.88 Å². The molecule has 1 aromatic heterocycles. The first-order valence-corrected chi connectivity index (χ1v) is 6.27. The Morgan fingerprint density at radius 2 is 1.79 bits per heavy atom. The van der Waals surface area contributed by atoms with Gasteiger partial charge >= 0.3 is 0 Å². The molecule has 1 aliphatic heterocycles. The van der Waals surface area contributed by atoms with E-state index in [0.717, 1.165) is 9.37 Å². The van der Waals surface area contributed by atoms with E-state index in [1.165, 1.54) is 12.3 Å². The summed E-state index contributed by atoms with van der Waals surface area (Å²) in [5, 5.41) is 0. The van der Waals surface area contributed by atoms with Crippen molar-refractivity contribution < 1.29 is 9.59 Å². The van der Waals surface area contributed by atoms with Gasteiger partial charge in [-0.2, -0.15) is 0 Å². The minimum absolute atomic E-state index is 0.299. The maximum Gasteiger partial charge on any atom is 0.267 e. The maximum atomic E-state index is 12.2. The van der Waals surface area contributed by atoms with E-state index in [-0.39, 0.29) is 5.91 Å². The normalized spacial score (nSPS) is 13.8. The van der Waals surface area contributed by atoms with Gasteiger partial charge in [0, 0.05) is 16.4 Å². The molecule has 2 aromatic rings. The van der Waals surface area contributed by atoms with Crippen molar-refractivity contribution >= 4 is 39.2 Å². The Kier molecular flexibility index (Phi) is 2.60. The van der Waals surface area contributed by atoms with Crippen molar-refractivity contribution in [3.05, 3.63) is 52.1 Å². The molecule has 1 aliphatic rings. The monoisotopic (exact) mass is 317 g/mol. The average molecular weight is 318 g/mol. The number of rotatable bonds is 1. The standard InChI is InChI=1S/C13H8BrN3O2/c14-7-1-4-11(16-6-7)17-12(18)9-3-2-8(15)5-10(9)13(17)19/h1-6H,15H2. The number of fused-ring (bicyclic) bond motifs is 1. The van der Waals surface area contributed by atoms with Crippen molar-refractivity contribution in [1.82, 2.24) is 4.98 Å². The summed E-state index contributed by atoms with van der Waals surface area (Å²) < 4.78 is 0.775. The first-order chi connectivity index (χ1) is 9.08. The summed E-state index contributed by atoms with van der Waals surface area (Å²) in [6.45, 7) is 0. The van der Waals surface area contributed by atoms with E-state index in [4.69, 9.17) is 5.73 Å². The predicted octanol–water partition coefficient (Wildman–Crippen LogP) is 2.23. The highest BCUT2D eigenvalue weighted by atomic mass is 79.9. The van der Waals surface area contributed by atoms with Gasteiger partial charge in [-0.15, -0.1) is 0 Å². The summed E-state index contributed by atoms with van der Waals surface area (Å²) in [5.74, 6) is -0.482. The molecule has 0 atom stereocenters. The van der Waals surface area contributed by atoms with Crippen LogP contribution >= 0.6 is 15.9 Å². The van der Waals surface area contributed by atoms with Gasteiger partial charge in [0.25, 0.3) is 11.8 Å². The molecule has 0 spiro atoms. The summed E-state index contributed by atoms with van der Waals surface area (Å²) in [4.78, 5) is 29.6. The highest BCUT2D eigenvalue weighted by Gasteiger charge is 2.37. The Morgan fingerprint density at radius 1 is 1.05 bits per heavy atom. The van der Waals surface area contributed by atoms with Crippen LogP contribution in [0.4, 0.5) is 11.5 Å². The number of benzene rings is 1. The summed E-state index contributed by atoms with van der Waals surface area (Å²) in [6.07, 6.45) is 1.53. The molecular formula is C13H8BrN3O2. The third-order valence-electron chi connectivity index (χ3n) is 2.85. The fourth-order valence-corrected chi connectivity index (χ4v) is 2.20. The first kappa shape index (κ1) is 11.9. The Balaban J connectivity index is 2.10. The molecule has 94 valence electrons. The third kappa shape index (κ3) is 1.80. The Bertz CT molecular complexity index is 698. The topological polar surface area (TPSA) is 76.3 Å². The van der Waals surface area contributed by atoms with Crippen LogP contribution in [0.2, 0.25) is 0 Å². The minimum atomic E-state index is -0.401. The van der Waals surface area contributed by atoms with Gasteiger partial charge in [0.2, 0.25) is 0 Å². The number of hydrogen-bond acceptors (Lipinski definition) is 4. The van der Waals surface area contributed by atoms with E-state index in [1.54, 1.807) is 24.3 Å². The zero-order chi connectivity index (χ0) is 13.6. The molecule has 5 nitrogen and oxygen atoms in total. The molecule has 0 unspecified atom stereocenters. The summed E-state index contributed by atoms with van der Waals surface area (Å²) in [7, 11) is 0. The molecule has 2 heterocycles. The maximum absolute atomic E-state index is 12.2. The van der Waals surface area contributed by atoms with Gasteiger partial charge in [0.15, 0.2) is 0 Å². The summed E-state index contributed by atoms with van der Waals surface area (Å²) in [5.41, 5.74) is 6.75. The number of nitrogen functional groups attached to an aromatic ring is 1. The third-order valence-corrected chi connectivity index (χ3v) is 3.32. The van der Waals surface area contributed by atoms with Crippen molar-refractivity contribution in [3.63, 3.8) is 0 Å². The number of halogens is 1. The van der Waals surface area contributed by atoms with Crippen LogP contribution in [0.25, 0.3) is 0 Å². The van der Waals surface area contributed by atoms with Crippen LogP contribution in [0.1, 0.15) is 20.7 Å². The van der Waals surface area contributed by atoms with Crippen LogP contribution in [0.15, 0.2) is 41.0 Å². The number of carbonyl (C=O) groups excluding carboxylic acids is 2. The Hall–Kier alpha value is -2.21. The average Bonchev–Trinajstić information content (AvgIpc) is 2.63. The van der Waals surface area contributed by atoms with Crippen LogP contribution in [-0.4, -0.2) is 16.8 Å². The second-order valence-corrected chi connectivity index (χ2v) is 5.00. The molecule has 0 radical (unpaired) electrons. The molecule has 0 aliphatic carbocycles. The molecule has 0 saturated carbocycles. The van der Waals surface area contributed by atoms with Crippen molar-refractivity contribution in [3.8, 4) is 0 Å². The molecule has 0 saturated heterocycles. The second kappa shape index (κ2) is 4.17. The number of nitrogens with zero attached hydrogens (tertiary/aromatic N) is 2. The quantitative estimate of drug-likeness (QED) is 0.646. The van der Waals surface area contributed by atoms with Crippen LogP contribution in [0.5, 0.6) is 0 Å². The van der Waals surface area contributed by atoms with Crippen molar-refractivity contribution in [2.75, 3.05) is 10.6 Å². The van der Waals surface area contributed by atoms with Gasteiger partial charge < -0.3 is 5.73 Å². The SMILES string of the molecule is Nc1ccc2c(c1)C(=O)N(c1ccc(Br)cn1)C2=O. The highest BCUT2D eigenvalue weighted by Crippen LogP contribution is 2.28. The van der Waals surface area contributed by atoms with Gasteiger partial charge in [0.1, 0.15) is 5.82 Å². The molecule has 2 N–H and O–H groups in total. The number of hydrogen-bond donors (Lipinski definition) is 1. The lowest BCUT2D eigenvalue weighted by Crippen LogP contribution is -2.30. The summed E-state index contributed by atoms with van der Waals surface area (Å²) >= 11 is 3.25. The van der Waals surface area contributed by atoms with E-state index in [9.17, 15) is 9.59 Å². The number of imide groups is 1. The van der Waals surface area contributed by atoms with Crippen LogP contribution in [-0.2, 0) is 0 Å². The number of aromatic nitrogens is 1. The molecule has 2 amide bonds. The van der Waals surface area contributed by atoms with Gasteiger partial charge in [0.05, 0.1) is 11.1 Å². The van der Waals surface area contributed by atoms with E-state index >= 15 is 0 Å². The van der Waals surface area contributed by atoms with Crippen LogP contribution in [0, 0.1) is 0 Å². The van der Waals surface area contributed by atoms with E-state index in [1.807, 2.05) is 0 Å². The van der Waals surface area contributed by atoms with E-state index < -0.39 is 5.91 Å². The van der Waals surface area contributed by atoms with Gasteiger partial charge in [-0.1, -0.05) is 0 Å². The zero-order valence-corrected chi connectivity index (χ0v) is 11.2. The lowest BCUT2D eigenvalue weighted by molar-refractivity contribution is 0.0925. The molecule has 19 heavy (non-hydrogen) atoms. The van der Waals surface area contributed by atoms with Crippen molar-refractivity contribution in [2.24, 2.45) is 0 Å². The Labute approximate surface area is 117 Å². The molecule has 1 aromatic carbocycles. The fraction of sp³-hybridized carbons (Fsp3) is 0. The number of pyridine rings is 1. The van der Waals surface area contributed by atoms with E-state index in [2.05, 4.69) is 20.9 Å². The number of amides is 2. The molecular weight excluding hydrogens is 310 g/mol. The number of nitrogens with two attached hydrogens (primary N) is 1. The fourth-order valence-electron chi connectivity index (χ4n) is 1.97. The van der Waals surface area contributed by atoms with Crippen LogP contribution in [0.3, 0.4) is 0 Å². The van der Waals surface area contributed by atoms with Gasteiger partial charge in [-0.05, 0) is 46.3 Å². The number of anilines is 2. The summed E-state index contributed by atoms with van der Waals surface area (Å²) in [6, 6.07) is 8.00. The minimum Gasteiger partial charge on any atom is -0.399 e. The molecule has 3 rings (SSSR count). The lowest BCUT2D eigenvalue weighted by atomic mass is 10.1. The largest absolute Gasteiger partial charge is 0.399 e. The number of carbonyl (C=O) groups is 2. The zero-order valence-electron chi connectivity index (χ0n) is 9.63. The van der Waals surface area contributed by atoms with Gasteiger partial charge in [-0.3, -0.25) is 9.59 Å². The van der Waals surface area contributed by atoms with Crippen molar-refractivity contribution in [1.29, 1.82) is 0 Å². The van der Waals surface area contributed by atoms with Crippen molar-refractivity contribution in [2.45, 2.75) is 0 Å². The molecule has 0 fully saturated rings. The van der Waals surface area contributed by atoms with E-state index in [0.29, 0.717) is 22.6 Å². The molecule has 0 bridgehead atoms. The molecule has 6 heteroatoms. The smallest absolute Gasteiger partial charge is 0.267 e. The lowest BCUT2D eigenvalue weighted by Gasteiger charge is -2.12. The Morgan fingerprint density at radius 3 is 2.47 bits per heavy atom. The predicted molar refractivity (Wildman–Crippen MR) is 73.9 cm³/mol. The first-order valence-electron chi connectivity index (χ1n) is 5.48. The second-order valence-electron chi connectivity index (χ2n) is 4.09. The van der Waals surface area contributed by atoms with Crippen LogP contribution < -0.4 is 10.6 Å².